The maximum Gasteiger partial charge on any atom is 0.254 e. The molecule has 0 saturated carbocycles. The molecular weight excluding hydrogens is 452 g/mol. The fourth-order valence-electron chi connectivity index (χ4n) is 5.35. The van der Waals surface area contributed by atoms with Crippen molar-refractivity contribution in [2.75, 3.05) is 26.8 Å². The predicted octanol–water partition coefficient (Wildman–Crippen LogP) is 4.03. The fraction of sp³-hybridized carbons (Fsp3) is 0.333. The molecular formula is C30H34N2O4. The van der Waals surface area contributed by atoms with Crippen molar-refractivity contribution < 1.29 is 19.4 Å². The highest BCUT2D eigenvalue weighted by Crippen LogP contribution is 2.49. The number of aliphatic hydroxyl groups is 1. The lowest BCUT2D eigenvalue weighted by Gasteiger charge is -2.50. The van der Waals surface area contributed by atoms with Crippen LogP contribution in [0.25, 0.3) is 0 Å². The Bertz CT molecular complexity index is 1180. The Labute approximate surface area is 212 Å². The Morgan fingerprint density at radius 3 is 2.36 bits per heavy atom. The highest BCUT2D eigenvalue weighted by Gasteiger charge is 2.55. The number of hydrogen-bond donors (Lipinski definition) is 2. The number of likely N-dealkylation sites (N-methyl/N-ethyl adjacent to an activating group) is 1. The number of carbonyl (C=O) groups is 2. The minimum Gasteiger partial charge on any atom is -0.392 e. The summed E-state index contributed by atoms with van der Waals surface area (Å²) in [6.45, 7) is 3.35. The molecule has 1 aliphatic heterocycles. The third-order valence-corrected chi connectivity index (χ3v) is 7.04. The van der Waals surface area contributed by atoms with Gasteiger partial charge in [-0.25, -0.2) is 0 Å². The predicted molar refractivity (Wildman–Crippen MR) is 140 cm³/mol. The van der Waals surface area contributed by atoms with Crippen molar-refractivity contribution in [2.45, 2.75) is 37.8 Å². The van der Waals surface area contributed by atoms with E-state index < -0.39 is 11.5 Å². The van der Waals surface area contributed by atoms with Crippen molar-refractivity contribution in [3.8, 4) is 0 Å². The van der Waals surface area contributed by atoms with E-state index in [0.717, 1.165) is 22.3 Å². The first-order valence-corrected chi connectivity index (χ1v) is 12.5. The molecule has 2 amide bonds. The van der Waals surface area contributed by atoms with Gasteiger partial charge in [0.15, 0.2) is 0 Å². The molecule has 0 unspecified atom stereocenters. The monoisotopic (exact) mass is 486 g/mol. The van der Waals surface area contributed by atoms with Crippen LogP contribution in [0.2, 0.25) is 0 Å². The lowest BCUT2D eigenvalue weighted by molar-refractivity contribution is -0.129. The molecule has 1 heterocycles. The number of hydrogen-bond acceptors (Lipinski definition) is 4. The van der Waals surface area contributed by atoms with Crippen molar-refractivity contribution in [1.82, 2.24) is 10.2 Å². The van der Waals surface area contributed by atoms with Crippen LogP contribution >= 0.6 is 0 Å². The van der Waals surface area contributed by atoms with E-state index in [0.29, 0.717) is 38.1 Å². The van der Waals surface area contributed by atoms with Crippen LogP contribution in [0.4, 0.5) is 0 Å². The molecule has 0 aromatic heterocycles. The number of nitrogens with one attached hydrogen (secondary N) is 1. The number of amides is 2. The van der Waals surface area contributed by atoms with Gasteiger partial charge in [-0.1, -0.05) is 72.8 Å². The molecule has 0 bridgehead atoms. The summed E-state index contributed by atoms with van der Waals surface area (Å²) < 4.78 is 5.18. The number of aliphatic hydroxyl groups excluding tert-OH is 1. The first-order chi connectivity index (χ1) is 17.6. The van der Waals surface area contributed by atoms with Gasteiger partial charge in [-0.2, -0.15) is 0 Å². The summed E-state index contributed by atoms with van der Waals surface area (Å²) in [5.74, 6) is -0.197. The first-order valence-electron chi connectivity index (χ1n) is 12.5. The van der Waals surface area contributed by atoms with Gasteiger partial charge in [-0.05, 0) is 48.1 Å². The topological polar surface area (TPSA) is 78.9 Å². The molecule has 1 aliphatic rings. The van der Waals surface area contributed by atoms with Crippen LogP contribution in [0, 0.1) is 0 Å². The molecule has 2 atom stereocenters. The van der Waals surface area contributed by atoms with Crippen LogP contribution in [-0.2, 0) is 28.0 Å². The number of benzene rings is 3. The zero-order valence-corrected chi connectivity index (χ0v) is 20.9. The van der Waals surface area contributed by atoms with Crippen molar-refractivity contribution in [1.29, 1.82) is 0 Å². The van der Waals surface area contributed by atoms with Crippen molar-refractivity contribution in [3.63, 3.8) is 0 Å². The quantitative estimate of drug-likeness (QED) is 0.424. The smallest absolute Gasteiger partial charge is 0.254 e. The van der Waals surface area contributed by atoms with Gasteiger partial charge in [-0.15, -0.1) is 0 Å². The SMILES string of the molecule is CCN1C(=O)c2ccccc2[C@](Cc2ccccc2)(C(=O)NCCCOC)[C@@H]1c1ccc(CO)cc1. The second-order valence-electron chi connectivity index (χ2n) is 9.17. The summed E-state index contributed by atoms with van der Waals surface area (Å²) >= 11 is 0. The molecule has 3 aromatic rings. The number of carbonyl (C=O) groups excluding carboxylic acids is 2. The first kappa shape index (κ1) is 25.6. The van der Waals surface area contributed by atoms with Crippen LogP contribution in [0.3, 0.4) is 0 Å². The molecule has 188 valence electrons. The number of methoxy groups -OCH3 is 1. The van der Waals surface area contributed by atoms with Gasteiger partial charge in [0.2, 0.25) is 5.91 Å². The number of ether oxygens (including phenoxy) is 1. The van der Waals surface area contributed by atoms with Crippen molar-refractivity contribution in [2.24, 2.45) is 0 Å². The van der Waals surface area contributed by atoms with E-state index in [1.54, 1.807) is 7.11 Å². The number of rotatable bonds is 10. The number of nitrogens with zero attached hydrogens (tertiary/aromatic N) is 1. The molecule has 0 spiro atoms. The van der Waals surface area contributed by atoms with Gasteiger partial charge in [0.1, 0.15) is 5.41 Å². The zero-order valence-electron chi connectivity index (χ0n) is 20.9. The second kappa shape index (κ2) is 11.5. The van der Waals surface area contributed by atoms with Gasteiger partial charge in [0.05, 0.1) is 12.6 Å². The average molecular weight is 487 g/mol. The fourth-order valence-corrected chi connectivity index (χ4v) is 5.35. The molecule has 2 N–H and O–H groups in total. The number of fused-ring (bicyclic) bond motifs is 1. The largest absolute Gasteiger partial charge is 0.392 e. The molecule has 36 heavy (non-hydrogen) atoms. The maximum atomic E-state index is 14.4. The minimum atomic E-state index is -1.06. The van der Waals surface area contributed by atoms with E-state index in [1.807, 2.05) is 90.7 Å². The van der Waals surface area contributed by atoms with Crippen LogP contribution in [-0.4, -0.2) is 48.6 Å². The lowest BCUT2D eigenvalue weighted by atomic mass is 9.63. The van der Waals surface area contributed by atoms with Gasteiger partial charge in [-0.3, -0.25) is 9.59 Å². The molecule has 6 heteroatoms. The van der Waals surface area contributed by atoms with E-state index in [4.69, 9.17) is 4.74 Å². The average Bonchev–Trinajstić information content (AvgIpc) is 2.93. The van der Waals surface area contributed by atoms with E-state index in [-0.39, 0.29) is 18.4 Å². The molecule has 3 aromatic carbocycles. The van der Waals surface area contributed by atoms with Crippen LogP contribution < -0.4 is 5.32 Å². The van der Waals surface area contributed by atoms with Gasteiger partial charge < -0.3 is 20.1 Å². The van der Waals surface area contributed by atoms with Gasteiger partial charge >= 0.3 is 0 Å². The minimum absolute atomic E-state index is 0.0701. The van der Waals surface area contributed by atoms with E-state index in [9.17, 15) is 14.7 Å². The second-order valence-corrected chi connectivity index (χ2v) is 9.17. The summed E-state index contributed by atoms with van der Waals surface area (Å²) in [6, 6.07) is 24.5. The molecule has 0 aliphatic carbocycles. The summed E-state index contributed by atoms with van der Waals surface area (Å²) in [5, 5.41) is 12.8. The summed E-state index contributed by atoms with van der Waals surface area (Å²) in [7, 11) is 1.65. The highest BCUT2D eigenvalue weighted by atomic mass is 16.5. The molecule has 0 saturated heterocycles. The maximum absolute atomic E-state index is 14.4. The Hall–Kier alpha value is -3.48. The Balaban J connectivity index is 1.95. The standard InChI is InChI=1S/C30H34N2O4/c1-3-32-27(24-16-14-23(21-33)15-17-24)30(20-22-10-5-4-6-11-22,29(35)31-18-9-19-36-2)26-13-8-7-12-25(26)28(32)34/h4-8,10-17,27,33H,3,9,18-21H2,1-2H3,(H,31,35)/t27-,30-/m0/s1. The zero-order chi connectivity index (χ0) is 25.5. The lowest BCUT2D eigenvalue weighted by Crippen LogP contribution is -2.59. The molecule has 0 fully saturated rings. The molecule has 6 nitrogen and oxygen atoms in total. The van der Waals surface area contributed by atoms with Crippen molar-refractivity contribution >= 4 is 11.8 Å². The third-order valence-electron chi connectivity index (χ3n) is 7.04. The van der Waals surface area contributed by atoms with Crippen LogP contribution in [0.5, 0.6) is 0 Å². The van der Waals surface area contributed by atoms with E-state index in [2.05, 4.69) is 5.32 Å². The normalized spacial score (nSPS) is 19.1. The highest BCUT2D eigenvalue weighted by molar-refractivity contribution is 6.03. The van der Waals surface area contributed by atoms with Gasteiger partial charge in [0, 0.05) is 32.4 Å². The molecule has 0 radical (unpaired) electrons. The van der Waals surface area contributed by atoms with Crippen LogP contribution in [0.15, 0.2) is 78.9 Å². The third kappa shape index (κ3) is 4.79. The van der Waals surface area contributed by atoms with Gasteiger partial charge in [0.25, 0.3) is 5.91 Å². The Morgan fingerprint density at radius 2 is 1.69 bits per heavy atom. The Morgan fingerprint density at radius 1 is 1.00 bits per heavy atom. The summed E-state index contributed by atoms with van der Waals surface area (Å²) in [5.41, 5.74) is 2.90. The Kier molecular flexibility index (Phi) is 8.18. The molecule has 4 rings (SSSR count). The van der Waals surface area contributed by atoms with Crippen molar-refractivity contribution in [3.05, 3.63) is 107 Å². The van der Waals surface area contributed by atoms with E-state index in [1.165, 1.54) is 0 Å². The summed E-state index contributed by atoms with van der Waals surface area (Å²) in [6.07, 6.45) is 1.12. The van der Waals surface area contributed by atoms with E-state index >= 15 is 0 Å². The summed E-state index contributed by atoms with van der Waals surface area (Å²) in [4.78, 5) is 30.0. The van der Waals surface area contributed by atoms with Crippen LogP contribution in [0.1, 0.15) is 52.0 Å².